The highest BCUT2D eigenvalue weighted by atomic mass is 16.5. The second-order valence-electron chi connectivity index (χ2n) is 4.74. The summed E-state index contributed by atoms with van der Waals surface area (Å²) >= 11 is 0. The molecule has 0 bridgehead atoms. The van der Waals surface area contributed by atoms with Gasteiger partial charge < -0.3 is 14.7 Å². The lowest BCUT2D eigenvalue weighted by Gasteiger charge is -2.35. The SMILES string of the molecule is COC(=O)c1cccnc1N(C)CC1CC(O)C1. The molecule has 1 aromatic rings. The van der Waals surface area contributed by atoms with Crippen LogP contribution in [0.5, 0.6) is 0 Å². The number of ether oxygens (including phenoxy) is 1. The molecule has 1 aliphatic carbocycles. The summed E-state index contributed by atoms with van der Waals surface area (Å²) in [5.74, 6) is 0.724. The molecule has 1 N–H and O–H groups in total. The number of esters is 1. The van der Waals surface area contributed by atoms with E-state index >= 15 is 0 Å². The third-order valence-corrected chi connectivity index (χ3v) is 3.30. The van der Waals surface area contributed by atoms with Crippen molar-refractivity contribution in [2.75, 3.05) is 25.6 Å². The Morgan fingerprint density at radius 3 is 2.94 bits per heavy atom. The molecule has 18 heavy (non-hydrogen) atoms. The number of pyridine rings is 1. The molecule has 0 aromatic carbocycles. The molecule has 5 heteroatoms. The summed E-state index contributed by atoms with van der Waals surface area (Å²) in [5.41, 5.74) is 0.474. The van der Waals surface area contributed by atoms with Crippen LogP contribution in [0.1, 0.15) is 23.2 Å². The van der Waals surface area contributed by atoms with Gasteiger partial charge in [-0.3, -0.25) is 0 Å². The minimum absolute atomic E-state index is 0.160. The van der Waals surface area contributed by atoms with Crippen molar-refractivity contribution in [3.63, 3.8) is 0 Å². The molecule has 98 valence electrons. The Balaban J connectivity index is 2.09. The molecule has 0 unspecified atom stereocenters. The monoisotopic (exact) mass is 250 g/mol. The topological polar surface area (TPSA) is 62.7 Å². The van der Waals surface area contributed by atoms with Gasteiger partial charge in [0.1, 0.15) is 11.4 Å². The Morgan fingerprint density at radius 2 is 2.33 bits per heavy atom. The number of anilines is 1. The van der Waals surface area contributed by atoms with E-state index in [-0.39, 0.29) is 12.1 Å². The standard InChI is InChI=1S/C13H18N2O3/c1-15(8-9-6-10(16)7-9)12-11(13(17)18-2)4-3-5-14-12/h3-5,9-10,16H,6-8H2,1-2H3. The lowest BCUT2D eigenvalue weighted by molar-refractivity contribution is 0.0462. The van der Waals surface area contributed by atoms with Crippen LogP contribution in [0.25, 0.3) is 0 Å². The first-order chi connectivity index (χ1) is 8.61. The number of carbonyl (C=O) groups excluding carboxylic acids is 1. The van der Waals surface area contributed by atoms with Crippen LogP contribution < -0.4 is 4.90 Å². The molecule has 1 heterocycles. The van der Waals surface area contributed by atoms with E-state index in [2.05, 4.69) is 4.98 Å². The third-order valence-electron chi connectivity index (χ3n) is 3.30. The number of methoxy groups -OCH3 is 1. The highest BCUT2D eigenvalue weighted by molar-refractivity contribution is 5.94. The largest absolute Gasteiger partial charge is 0.465 e. The Bertz CT molecular complexity index is 430. The average molecular weight is 250 g/mol. The van der Waals surface area contributed by atoms with Crippen LogP contribution >= 0.6 is 0 Å². The van der Waals surface area contributed by atoms with Gasteiger partial charge in [0.2, 0.25) is 0 Å². The van der Waals surface area contributed by atoms with Crippen LogP contribution in [0.4, 0.5) is 5.82 Å². The van der Waals surface area contributed by atoms with Crippen molar-refractivity contribution in [2.45, 2.75) is 18.9 Å². The summed E-state index contributed by atoms with van der Waals surface area (Å²) in [6, 6.07) is 3.43. The summed E-state index contributed by atoms with van der Waals surface area (Å²) in [5, 5.41) is 9.27. The number of hydrogen-bond acceptors (Lipinski definition) is 5. The van der Waals surface area contributed by atoms with Gasteiger partial charge in [-0.1, -0.05) is 0 Å². The molecule has 0 spiro atoms. The zero-order valence-electron chi connectivity index (χ0n) is 10.7. The molecule has 5 nitrogen and oxygen atoms in total. The number of rotatable bonds is 4. The Kier molecular flexibility index (Phi) is 3.81. The molecule has 0 radical (unpaired) electrons. The van der Waals surface area contributed by atoms with Crippen molar-refractivity contribution >= 4 is 11.8 Å². The maximum Gasteiger partial charge on any atom is 0.341 e. The van der Waals surface area contributed by atoms with Gasteiger partial charge in [0, 0.05) is 19.8 Å². The van der Waals surface area contributed by atoms with E-state index in [0.717, 1.165) is 19.4 Å². The predicted octanol–water partition coefficient (Wildman–Crippen LogP) is 1.08. The third kappa shape index (κ3) is 2.61. The second kappa shape index (κ2) is 5.35. The lowest BCUT2D eigenvalue weighted by atomic mass is 9.82. The Hall–Kier alpha value is -1.62. The quantitative estimate of drug-likeness (QED) is 0.810. The van der Waals surface area contributed by atoms with E-state index in [1.54, 1.807) is 18.3 Å². The summed E-state index contributed by atoms with van der Waals surface area (Å²) in [6.07, 6.45) is 3.15. The number of hydrogen-bond donors (Lipinski definition) is 1. The van der Waals surface area contributed by atoms with E-state index in [0.29, 0.717) is 17.3 Å². The molecule has 1 saturated carbocycles. The van der Waals surface area contributed by atoms with Gasteiger partial charge in [-0.05, 0) is 30.9 Å². The zero-order chi connectivity index (χ0) is 13.1. The van der Waals surface area contributed by atoms with E-state index in [1.807, 2.05) is 11.9 Å². The van der Waals surface area contributed by atoms with Crippen LogP contribution in [-0.2, 0) is 4.74 Å². The van der Waals surface area contributed by atoms with Crippen LogP contribution in [0.3, 0.4) is 0 Å². The molecule has 0 amide bonds. The summed E-state index contributed by atoms with van der Waals surface area (Å²) in [6.45, 7) is 0.790. The first-order valence-electron chi connectivity index (χ1n) is 6.04. The van der Waals surface area contributed by atoms with Gasteiger partial charge in [-0.15, -0.1) is 0 Å². The fraction of sp³-hybridized carbons (Fsp3) is 0.538. The highest BCUT2D eigenvalue weighted by Crippen LogP contribution is 2.29. The number of nitrogens with zero attached hydrogens (tertiary/aromatic N) is 2. The van der Waals surface area contributed by atoms with Crippen molar-refractivity contribution in [3.8, 4) is 0 Å². The zero-order valence-corrected chi connectivity index (χ0v) is 10.7. The first-order valence-corrected chi connectivity index (χ1v) is 6.04. The number of aliphatic hydroxyl groups is 1. The number of aliphatic hydroxyl groups excluding tert-OH is 1. The summed E-state index contributed by atoms with van der Waals surface area (Å²) < 4.78 is 4.74. The molecule has 2 rings (SSSR count). The Labute approximate surface area is 106 Å². The van der Waals surface area contributed by atoms with Crippen molar-refractivity contribution in [2.24, 2.45) is 5.92 Å². The maximum absolute atomic E-state index is 11.6. The van der Waals surface area contributed by atoms with Crippen LogP contribution in [-0.4, -0.2) is 42.9 Å². The molecule has 0 atom stereocenters. The van der Waals surface area contributed by atoms with Gasteiger partial charge in [-0.25, -0.2) is 9.78 Å². The Morgan fingerprint density at radius 1 is 1.61 bits per heavy atom. The first kappa shape index (κ1) is 12.8. The van der Waals surface area contributed by atoms with Crippen LogP contribution in [0.2, 0.25) is 0 Å². The van der Waals surface area contributed by atoms with Gasteiger partial charge in [0.15, 0.2) is 0 Å². The molecular weight excluding hydrogens is 232 g/mol. The highest BCUT2D eigenvalue weighted by Gasteiger charge is 2.29. The number of aromatic nitrogens is 1. The minimum atomic E-state index is -0.376. The van der Waals surface area contributed by atoms with Crippen LogP contribution in [0, 0.1) is 5.92 Å². The fourth-order valence-electron chi connectivity index (χ4n) is 2.29. The van der Waals surface area contributed by atoms with Crippen LogP contribution in [0.15, 0.2) is 18.3 Å². The second-order valence-corrected chi connectivity index (χ2v) is 4.74. The van der Waals surface area contributed by atoms with E-state index < -0.39 is 0 Å². The van der Waals surface area contributed by atoms with Crippen molar-refractivity contribution < 1.29 is 14.6 Å². The summed E-state index contributed by atoms with van der Waals surface area (Å²) in [7, 11) is 3.26. The van der Waals surface area contributed by atoms with E-state index in [4.69, 9.17) is 4.74 Å². The van der Waals surface area contributed by atoms with Gasteiger partial charge >= 0.3 is 5.97 Å². The molecular formula is C13H18N2O3. The van der Waals surface area contributed by atoms with Gasteiger partial charge in [0.25, 0.3) is 0 Å². The minimum Gasteiger partial charge on any atom is -0.465 e. The van der Waals surface area contributed by atoms with E-state index in [9.17, 15) is 9.90 Å². The summed E-state index contributed by atoms with van der Waals surface area (Å²) in [4.78, 5) is 17.8. The number of carbonyl (C=O) groups is 1. The predicted molar refractivity (Wildman–Crippen MR) is 67.6 cm³/mol. The molecule has 0 aliphatic heterocycles. The van der Waals surface area contributed by atoms with Gasteiger partial charge in [0.05, 0.1) is 13.2 Å². The van der Waals surface area contributed by atoms with Crippen molar-refractivity contribution in [3.05, 3.63) is 23.9 Å². The molecule has 1 aliphatic rings. The average Bonchev–Trinajstić information content (AvgIpc) is 2.36. The molecule has 0 saturated heterocycles. The van der Waals surface area contributed by atoms with Crippen molar-refractivity contribution in [1.29, 1.82) is 0 Å². The molecule has 1 fully saturated rings. The normalized spacial score (nSPS) is 22.2. The van der Waals surface area contributed by atoms with Gasteiger partial charge in [-0.2, -0.15) is 0 Å². The van der Waals surface area contributed by atoms with Crippen molar-refractivity contribution in [1.82, 2.24) is 4.98 Å². The molecule has 1 aromatic heterocycles. The maximum atomic E-state index is 11.6. The van der Waals surface area contributed by atoms with E-state index in [1.165, 1.54) is 7.11 Å². The fourth-order valence-corrected chi connectivity index (χ4v) is 2.29. The smallest absolute Gasteiger partial charge is 0.341 e. The lowest BCUT2D eigenvalue weighted by Crippen LogP contribution is -2.37.